The van der Waals surface area contributed by atoms with E-state index in [1.807, 2.05) is 31.2 Å². The molecule has 0 aliphatic heterocycles. The zero-order chi connectivity index (χ0) is 18.8. The molecule has 0 saturated carbocycles. The van der Waals surface area contributed by atoms with E-state index in [4.69, 9.17) is 16.6 Å². The van der Waals surface area contributed by atoms with Gasteiger partial charge < -0.3 is 10.4 Å². The Bertz CT molecular complexity index is 951. The minimum atomic E-state index is -0.326. The number of halogens is 1. The summed E-state index contributed by atoms with van der Waals surface area (Å²) in [5, 5.41) is 13.8. The number of aliphatic hydroxyl groups excluding tert-OH is 1. The lowest BCUT2D eigenvalue weighted by atomic mass is 10.1. The summed E-state index contributed by atoms with van der Waals surface area (Å²) in [6.45, 7) is 1.81. The maximum atomic E-state index is 9.54. The van der Waals surface area contributed by atoms with E-state index in [0.29, 0.717) is 6.42 Å². The van der Waals surface area contributed by atoms with Crippen LogP contribution in [0.15, 0.2) is 54.6 Å². The van der Waals surface area contributed by atoms with E-state index in [1.165, 1.54) is 11.3 Å². The molecule has 2 aromatic carbocycles. The lowest BCUT2D eigenvalue weighted by Gasteiger charge is -2.14. The molecule has 4 rings (SSSR count). The molecule has 1 heterocycles. The second-order valence-corrected chi connectivity index (χ2v) is 7.66. The van der Waals surface area contributed by atoms with Gasteiger partial charge in [0.15, 0.2) is 0 Å². The molecule has 1 aromatic heterocycles. The number of hydrogen-bond donors (Lipinski definition) is 2. The summed E-state index contributed by atoms with van der Waals surface area (Å²) in [6.07, 6.45) is 3.56. The number of hydrogen-bond acceptors (Lipinski definition) is 3. The number of benzene rings is 2. The predicted molar refractivity (Wildman–Crippen MR) is 112 cm³/mol. The predicted octanol–water partition coefficient (Wildman–Crippen LogP) is 5.56. The van der Waals surface area contributed by atoms with Crippen molar-refractivity contribution in [2.24, 2.45) is 0 Å². The molecule has 1 atom stereocenters. The molecule has 0 saturated heterocycles. The van der Waals surface area contributed by atoms with Crippen molar-refractivity contribution in [3.8, 4) is 11.3 Å². The molecule has 0 spiro atoms. The smallest absolute Gasteiger partial charge is 0.0726 e. The highest BCUT2D eigenvalue weighted by molar-refractivity contribution is 6.30. The van der Waals surface area contributed by atoms with E-state index in [0.717, 1.165) is 52.5 Å². The SMILES string of the molecule is C[C@@H](O)Cc1ccc(Nc2cc(-c3cccc(Cl)c3)nc3c2CCC3)cc1. The second-order valence-electron chi connectivity index (χ2n) is 7.22. The minimum Gasteiger partial charge on any atom is -0.393 e. The van der Waals surface area contributed by atoms with E-state index >= 15 is 0 Å². The average molecular weight is 379 g/mol. The van der Waals surface area contributed by atoms with Crippen LogP contribution < -0.4 is 5.32 Å². The summed E-state index contributed by atoms with van der Waals surface area (Å²) >= 11 is 6.17. The molecule has 0 radical (unpaired) electrons. The van der Waals surface area contributed by atoms with Crippen LogP contribution in [-0.4, -0.2) is 16.2 Å². The summed E-state index contributed by atoms with van der Waals surface area (Å²) in [5.74, 6) is 0. The van der Waals surface area contributed by atoms with Gasteiger partial charge in [-0.2, -0.15) is 0 Å². The van der Waals surface area contributed by atoms with Gasteiger partial charge in [0, 0.05) is 27.7 Å². The van der Waals surface area contributed by atoms with Crippen molar-refractivity contribution in [1.82, 2.24) is 4.98 Å². The molecule has 0 bridgehead atoms. The quantitative estimate of drug-likeness (QED) is 0.611. The summed E-state index contributed by atoms with van der Waals surface area (Å²) in [7, 11) is 0. The van der Waals surface area contributed by atoms with Crippen molar-refractivity contribution < 1.29 is 5.11 Å². The highest BCUT2D eigenvalue weighted by atomic mass is 35.5. The van der Waals surface area contributed by atoms with Crippen LogP contribution in [0, 0.1) is 0 Å². The molecule has 2 N–H and O–H groups in total. The largest absolute Gasteiger partial charge is 0.393 e. The first kappa shape index (κ1) is 18.0. The highest BCUT2D eigenvalue weighted by Crippen LogP contribution is 2.34. The van der Waals surface area contributed by atoms with Crippen LogP contribution in [0.3, 0.4) is 0 Å². The third-order valence-corrected chi connectivity index (χ3v) is 5.17. The zero-order valence-electron chi connectivity index (χ0n) is 15.4. The van der Waals surface area contributed by atoms with Gasteiger partial charge >= 0.3 is 0 Å². The second kappa shape index (κ2) is 7.71. The number of pyridine rings is 1. The Hall–Kier alpha value is -2.36. The maximum absolute atomic E-state index is 9.54. The molecule has 1 aliphatic rings. The summed E-state index contributed by atoms with van der Waals surface area (Å²) in [5.41, 5.74) is 7.78. The Morgan fingerprint density at radius 2 is 1.93 bits per heavy atom. The fraction of sp³-hybridized carbons (Fsp3) is 0.261. The van der Waals surface area contributed by atoms with Crippen LogP contribution in [0.5, 0.6) is 0 Å². The molecule has 27 heavy (non-hydrogen) atoms. The van der Waals surface area contributed by atoms with Crippen molar-refractivity contribution >= 4 is 23.0 Å². The van der Waals surface area contributed by atoms with Gasteiger partial charge in [0.1, 0.15) is 0 Å². The number of aromatic nitrogens is 1. The van der Waals surface area contributed by atoms with Crippen LogP contribution in [0.2, 0.25) is 5.02 Å². The van der Waals surface area contributed by atoms with Gasteiger partial charge in [-0.1, -0.05) is 35.9 Å². The number of aryl methyl sites for hydroxylation is 1. The first-order chi connectivity index (χ1) is 13.1. The molecule has 0 amide bonds. The Balaban J connectivity index is 1.66. The van der Waals surface area contributed by atoms with Crippen molar-refractivity contribution in [3.63, 3.8) is 0 Å². The van der Waals surface area contributed by atoms with Gasteiger partial charge in [0.25, 0.3) is 0 Å². The number of nitrogens with one attached hydrogen (secondary N) is 1. The third kappa shape index (κ3) is 4.15. The fourth-order valence-corrected chi connectivity index (χ4v) is 3.86. The van der Waals surface area contributed by atoms with Crippen LogP contribution in [0.4, 0.5) is 11.4 Å². The Kier molecular flexibility index (Phi) is 5.15. The maximum Gasteiger partial charge on any atom is 0.0726 e. The van der Waals surface area contributed by atoms with Crippen LogP contribution in [0.1, 0.15) is 30.2 Å². The Morgan fingerprint density at radius 1 is 1.11 bits per heavy atom. The third-order valence-electron chi connectivity index (χ3n) is 4.93. The molecular weight excluding hydrogens is 356 g/mol. The standard InChI is InChI=1S/C23H23ClN2O/c1-15(27)12-16-8-10-19(11-9-16)25-23-14-22(17-4-2-5-18(24)13-17)26-21-7-3-6-20(21)23/h2,4-5,8-11,13-15,27H,3,6-7,12H2,1H3,(H,25,26)/t15-/m1/s1. The number of fused-ring (bicyclic) bond motifs is 1. The van der Waals surface area contributed by atoms with Gasteiger partial charge in [0.05, 0.1) is 11.8 Å². The molecule has 138 valence electrons. The van der Waals surface area contributed by atoms with E-state index in [9.17, 15) is 5.11 Å². The van der Waals surface area contributed by atoms with E-state index < -0.39 is 0 Å². The van der Waals surface area contributed by atoms with E-state index in [2.05, 4.69) is 35.6 Å². The number of nitrogens with zero attached hydrogens (tertiary/aromatic N) is 1. The first-order valence-electron chi connectivity index (χ1n) is 9.41. The van der Waals surface area contributed by atoms with Crippen LogP contribution in [-0.2, 0) is 19.3 Å². The number of anilines is 2. The van der Waals surface area contributed by atoms with Gasteiger partial charge in [-0.05, 0) is 74.1 Å². The van der Waals surface area contributed by atoms with E-state index in [-0.39, 0.29) is 6.10 Å². The first-order valence-corrected chi connectivity index (χ1v) is 9.79. The fourth-order valence-electron chi connectivity index (χ4n) is 3.67. The minimum absolute atomic E-state index is 0.326. The Labute approximate surface area is 165 Å². The molecule has 3 nitrogen and oxygen atoms in total. The number of aliphatic hydroxyl groups is 1. The molecular formula is C23H23ClN2O. The highest BCUT2D eigenvalue weighted by Gasteiger charge is 2.19. The molecule has 3 aromatic rings. The van der Waals surface area contributed by atoms with Gasteiger partial charge in [0.2, 0.25) is 0 Å². The zero-order valence-corrected chi connectivity index (χ0v) is 16.1. The topological polar surface area (TPSA) is 45.1 Å². The van der Waals surface area contributed by atoms with Crippen molar-refractivity contribution in [3.05, 3.63) is 76.4 Å². The lowest BCUT2D eigenvalue weighted by molar-refractivity contribution is 0.195. The van der Waals surface area contributed by atoms with Gasteiger partial charge in [-0.25, -0.2) is 0 Å². The molecule has 4 heteroatoms. The van der Waals surface area contributed by atoms with Crippen molar-refractivity contribution in [1.29, 1.82) is 0 Å². The lowest BCUT2D eigenvalue weighted by Crippen LogP contribution is -2.04. The van der Waals surface area contributed by atoms with Crippen molar-refractivity contribution in [2.45, 2.75) is 38.7 Å². The normalized spacial score (nSPS) is 14.0. The summed E-state index contributed by atoms with van der Waals surface area (Å²) in [6, 6.07) is 18.2. The average Bonchev–Trinajstić information content (AvgIpc) is 3.12. The van der Waals surface area contributed by atoms with Crippen LogP contribution in [0.25, 0.3) is 11.3 Å². The number of rotatable bonds is 5. The van der Waals surface area contributed by atoms with Gasteiger partial charge in [-0.3, -0.25) is 4.98 Å². The van der Waals surface area contributed by atoms with Crippen LogP contribution >= 0.6 is 11.6 Å². The molecule has 0 fully saturated rings. The van der Waals surface area contributed by atoms with E-state index in [1.54, 1.807) is 0 Å². The summed E-state index contributed by atoms with van der Waals surface area (Å²) < 4.78 is 0. The summed E-state index contributed by atoms with van der Waals surface area (Å²) in [4.78, 5) is 4.89. The van der Waals surface area contributed by atoms with Crippen molar-refractivity contribution in [2.75, 3.05) is 5.32 Å². The monoisotopic (exact) mass is 378 g/mol. The van der Waals surface area contributed by atoms with Gasteiger partial charge in [-0.15, -0.1) is 0 Å². The molecule has 0 unspecified atom stereocenters. The molecule has 1 aliphatic carbocycles. The Morgan fingerprint density at radius 3 is 2.67 bits per heavy atom.